The average molecular weight is 300 g/mol. The molecule has 0 heterocycles. The predicted octanol–water partition coefficient (Wildman–Crippen LogP) is 4.37. The molecular weight excluding hydrogens is 287 g/mol. The lowest BCUT2D eigenvalue weighted by Gasteiger charge is -2.19. The molecule has 2 rings (SSSR count). The molecule has 0 radical (unpaired) electrons. The van der Waals surface area contributed by atoms with Gasteiger partial charge in [-0.2, -0.15) is 0 Å². The molecule has 0 aliphatic heterocycles. The van der Waals surface area contributed by atoms with E-state index in [0.29, 0.717) is 11.1 Å². The Kier molecular flexibility index (Phi) is 4.35. The Hall–Kier alpha value is -1.52. The Bertz CT molecular complexity index is 623. The second-order valence-corrected chi connectivity index (χ2v) is 4.98. The van der Waals surface area contributed by atoms with Crippen LogP contribution < -0.4 is 5.32 Å². The zero-order valence-electron chi connectivity index (χ0n) is 11.0. The molecule has 1 unspecified atom stereocenters. The number of halogens is 4. The minimum absolute atomic E-state index is 0.0828. The molecule has 2 aromatic rings. The molecule has 1 atom stereocenters. The van der Waals surface area contributed by atoms with E-state index >= 15 is 0 Å². The van der Waals surface area contributed by atoms with E-state index in [0.717, 1.165) is 12.1 Å². The highest BCUT2D eigenvalue weighted by atomic mass is 35.5. The van der Waals surface area contributed by atoms with Gasteiger partial charge in [0.05, 0.1) is 11.1 Å². The van der Waals surface area contributed by atoms with Crippen molar-refractivity contribution in [3.8, 4) is 0 Å². The summed E-state index contributed by atoms with van der Waals surface area (Å²) in [6, 6.07) is 5.67. The second kappa shape index (κ2) is 5.85. The van der Waals surface area contributed by atoms with Crippen LogP contribution in [0, 0.1) is 24.4 Å². The first-order valence-electron chi connectivity index (χ1n) is 6.01. The van der Waals surface area contributed by atoms with E-state index < -0.39 is 23.5 Å². The van der Waals surface area contributed by atoms with Crippen molar-refractivity contribution in [2.45, 2.75) is 13.0 Å². The van der Waals surface area contributed by atoms with Crippen molar-refractivity contribution in [2.75, 3.05) is 7.05 Å². The maximum Gasteiger partial charge on any atom is 0.142 e. The normalized spacial score (nSPS) is 12.5. The summed E-state index contributed by atoms with van der Waals surface area (Å²) in [6.45, 7) is 1.73. The van der Waals surface area contributed by atoms with Gasteiger partial charge < -0.3 is 5.32 Å². The summed E-state index contributed by atoms with van der Waals surface area (Å²) in [6.07, 6.45) is 0. The highest BCUT2D eigenvalue weighted by Gasteiger charge is 2.19. The molecular formula is C15H13ClF3N. The van der Waals surface area contributed by atoms with Crippen LogP contribution in [0.25, 0.3) is 0 Å². The van der Waals surface area contributed by atoms with Crippen molar-refractivity contribution in [1.82, 2.24) is 5.32 Å². The van der Waals surface area contributed by atoms with Crippen LogP contribution >= 0.6 is 11.6 Å². The zero-order valence-corrected chi connectivity index (χ0v) is 11.7. The topological polar surface area (TPSA) is 12.0 Å². The molecule has 0 aliphatic carbocycles. The van der Waals surface area contributed by atoms with Gasteiger partial charge in [0, 0.05) is 5.56 Å². The monoisotopic (exact) mass is 299 g/mol. The lowest BCUT2D eigenvalue weighted by atomic mass is 9.96. The molecule has 106 valence electrons. The molecule has 1 nitrogen and oxygen atoms in total. The van der Waals surface area contributed by atoms with Crippen LogP contribution in [0.2, 0.25) is 5.02 Å². The van der Waals surface area contributed by atoms with Gasteiger partial charge in [-0.3, -0.25) is 0 Å². The van der Waals surface area contributed by atoms with E-state index in [2.05, 4.69) is 5.32 Å². The SMILES string of the molecule is CNC(c1cc(C)cc(F)c1)c1cc(F)c(Cl)cc1F. The summed E-state index contributed by atoms with van der Waals surface area (Å²) >= 11 is 5.53. The average Bonchev–Trinajstić information content (AvgIpc) is 2.35. The fourth-order valence-corrected chi connectivity index (χ4v) is 2.34. The first kappa shape index (κ1) is 14.9. The summed E-state index contributed by atoms with van der Waals surface area (Å²) < 4.78 is 41.0. The van der Waals surface area contributed by atoms with Crippen LogP contribution in [0.5, 0.6) is 0 Å². The Labute approximate surface area is 120 Å². The van der Waals surface area contributed by atoms with Crippen LogP contribution in [0.1, 0.15) is 22.7 Å². The summed E-state index contributed by atoms with van der Waals surface area (Å²) in [5.41, 5.74) is 1.31. The maximum absolute atomic E-state index is 14.0. The third-order valence-corrected chi connectivity index (χ3v) is 3.33. The molecule has 20 heavy (non-hydrogen) atoms. The third-order valence-electron chi connectivity index (χ3n) is 3.04. The van der Waals surface area contributed by atoms with E-state index in [1.807, 2.05) is 0 Å². The number of benzene rings is 2. The van der Waals surface area contributed by atoms with Crippen molar-refractivity contribution in [2.24, 2.45) is 0 Å². The quantitative estimate of drug-likeness (QED) is 0.830. The van der Waals surface area contributed by atoms with Gasteiger partial charge in [0.1, 0.15) is 17.5 Å². The molecule has 0 aliphatic rings. The predicted molar refractivity (Wildman–Crippen MR) is 73.4 cm³/mol. The maximum atomic E-state index is 14.0. The molecule has 0 aromatic heterocycles. The minimum atomic E-state index is -0.712. The second-order valence-electron chi connectivity index (χ2n) is 4.57. The van der Waals surface area contributed by atoms with Gasteiger partial charge in [0.2, 0.25) is 0 Å². The van der Waals surface area contributed by atoms with Crippen molar-refractivity contribution < 1.29 is 13.2 Å². The molecule has 2 aromatic carbocycles. The molecule has 0 saturated heterocycles. The number of hydrogen-bond acceptors (Lipinski definition) is 1. The van der Waals surface area contributed by atoms with E-state index in [1.54, 1.807) is 20.0 Å². The largest absolute Gasteiger partial charge is 0.309 e. The van der Waals surface area contributed by atoms with E-state index in [-0.39, 0.29) is 10.6 Å². The highest BCUT2D eigenvalue weighted by molar-refractivity contribution is 6.30. The van der Waals surface area contributed by atoms with Gasteiger partial charge in [-0.05, 0) is 49.4 Å². The number of aryl methyl sites for hydroxylation is 1. The Morgan fingerprint density at radius 3 is 2.30 bits per heavy atom. The fourth-order valence-electron chi connectivity index (χ4n) is 2.19. The van der Waals surface area contributed by atoms with Crippen molar-refractivity contribution >= 4 is 11.6 Å². The lowest BCUT2D eigenvalue weighted by molar-refractivity contribution is 0.555. The Balaban J connectivity index is 2.55. The molecule has 0 amide bonds. The molecule has 0 bridgehead atoms. The van der Waals surface area contributed by atoms with Gasteiger partial charge in [0.15, 0.2) is 0 Å². The van der Waals surface area contributed by atoms with Crippen molar-refractivity contribution in [1.29, 1.82) is 0 Å². The van der Waals surface area contributed by atoms with Crippen LogP contribution in [-0.4, -0.2) is 7.05 Å². The Morgan fingerprint density at radius 2 is 1.70 bits per heavy atom. The van der Waals surface area contributed by atoms with Gasteiger partial charge in [-0.15, -0.1) is 0 Å². The molecule has 0 spiro atoms. The van der Waals surface area contributed by atoms with Crippen molar-refractivity contribution in [3.05, 3.63) is 69.5 Å². The molecule has 5 heteroatoms. The minimum Gasteiger partial charge on any atom is -0.309 e. The highest BCUT2D eigenvalue weighted by Crippen LogP contribution is 2.29. The van der Waals surface area contributed by atoms with Crippen molar-refractivity contribution in [3.63, 3.8) is 0 Å². The zero-order chi connectivity index (χ0) is 14.9. The van der Waals surface area contributed by atoms with Gasteiger partial charge >= 0.3 is 0 Å². The number of nitrogens with one attached hydrogen (secondary N) is 1. The van der Waals surface area contributed by atoms with E-state index in [1.165, 1.54) is 12.1 Å². The first-order valence-corrected chi connectivity index (χ1v) is 6.39. The summed E-state index contributed by atoms with van der Waals surface area (Å²) in [7, 11) is 1.59. The van der Waals surface area contributed by atoms with E-state index in [4.69, 9.17) is 11.6 Å². The lowest BCUT2D eigenvalue weighted by Crippen LogP contribution is -2.19. The first-order chi connectivity index (χ1) is 9.42. The number of rotatable bonds is 3. The van der Waals surface area contributed by atoms with E-state index in [9.17, 15) is 13.2 Å². The van der Waals surface area contributed by atoms with Gasteiger partial charge in [0.25, 0.3) is 0 Å². The Morgan fingerprint density at radius 1 is 1.00 bits per heavy atom. The van der Waals surface area contributed by atoms with Crippen LogP contribution in [0.4, 0.5) is 13.2 Å². The van der Waals surface area contributed by atoms with Crippen LogP contribution in [0.3, 0.4) is 0 Å². The van der Waals surface area contributed by atoms with Crippen LogP contribution in [-0.2, 0) is 0 Å². The number of hydrogen-bond donors (Lipinski definition) is 1. The van der Waals surface area contributed by atoms with Crippen LogP contribution in [0.15, 0.2) is 30.3 Å². The summed E-state index contributed by atoms with van der Waals surface area (Å²) in [4.78, 5) is 0. The summed E-state index contributed by atoms with van der Waals surface area (Å²) in [5, 5.41) is 2.58. The standard InChI is InChI=1S/C15H13ClF3N/c1-8-3-9(5-10(17)4-8)15(20-2)11-6-14(19)12(16)7-13(11)18/h3-7,15,20H,1-2H3. The third kappa shape index (κ3) is 2.97. The molecule has 0 saturated carbocycles. The van der Waals surface area contributed by atoms with Gasteiger partial charge in [-0.1, -0.05) is 17.7 Å². The summed E-state index contributed by atoms with van der Waals surface area (Å²) in [5.74, 6) is -1.77. The smallest absolute Gasteiger partial charge is 0.142 e. The molecule has 1 N–H and O–H groups in total. The molecule has 0 fully saturated rings. The van der Waals surface area contributed by atoms with Gasteiger partial charge in [-0.25, -0.2) is 13.2 Å². The fraction of sp³-hybridized carbons (Fsp3) is 0.200.